The molecule has 0 fully saturated rings. The third kappa shape index (κ3) is 3.26. The summed E-state index contributed by atoms with van der Waals surface area (Å²) in [6.07, 6.45) is 2.64. The van der Waals surface area contributed by atoms with Crippen LogP contribution < -0.4 is 5.32 Å². The molecule has 0 aromatic carbocycles. The summed E-state index contributed by atoms with van der Waals surface area (Å²) in [5, 5.41) is 12.1. The topological polar surface area (TPSA) is 58.0 Å². The summed E-state index contributed by atoms with van der Waals surface area (Å²) >= 11 is 5.09. The SMILES string of the molecule is CC(C)(C)NC(=S)c1ncc(O)cn1. The molecular formula is C9H13N3OS. The molecule has 4 nitrogen and oxygen atoms in total. The Balaban J connectivity index is 2.76. The Bertz CT molecular complexity index is 329. The highest BCUT2D eigenvalue weighted by atomic mass is 32.1. The number of hydrogen-bond donors (Lipinski definition) is 2. The normalized spacial score (nSPS) is 11.1. The van der Waals surface area contributed by atoms with Crippen molar-refractivity contribution >= 4 is 17.2 Å². The van der Waals surface area contributed by atoms with E-state index in [-0.39, 0.29) is 11.3 Å². The van der Waals surface area contributed by atoms with Gasteiger partial charge in [0.25, 0.3) is 0 Å². The molecule has 14 heavy (non-hydrogen) atoms. The van der Waals surface area contributed by atoms with Gasteiger partial charge in [0.05, 0.1) is 12.4 Å². The van der Waals surface area contributed by atoms with Gasteiger partial charge in [0.2, 0.25) is 0 Å². The zero-order valence-electron chi connectivity index (χ0n) is 8.40. The van der Waals surface area contributed by atoms with E-state index in [1.807, 2.05) is 20.8 Å². The van der Waals surface area contributed by atoms with Crippen LogP contribution in [0.25, 0.3) is 0 Å². The molecule has 1 aromatic heterocycles. The van der Waals surface area contributed by atoms with Crippen molar-refractivity contribution in [2.24, 2.45) is 0 Å². The Morgan fingerprint density at radius 3 is 2.29 bits per heavy atom. The Kier molecular flexibility index (Phi) is 3.00. The number of hydrogen-bond acceptors (Lipinski definition) is 4. The highest BCUT2D eigenvalue weighted by Gasteiger charge is 2.13. The van der Waals surface area contributed by atoms with Gasteiger partial charge in [0, 0.05) is 5.54 Å². The second-order valence-electron chi connectivity index (χ2n) is 3.97. The molecular weight excluding hydrogens is 198 g/mol. The lowest BCUT2D eigenvalue weighted by Gasteiger charge is -2.21. The van der Waals surface area contributed by atoms with Crippen LogP contribution in [0.3, 0.4) is 0 Å². The smallest absolute Gasteiger partial charge is 0.187 e. The van der Waals surface area contributed by atoms with Gasteiger partial charge in [0.15, 0.2) is 11.6 Å². The summed E-state index contributed by atoms with van der Waals surface area (Å²) in [6.45, 7) is 6.00. The van der Waals surface area contributed by atoms with Crippen molar-refractivity contribution in [3.8, 4) is 5.75 Å². The molecule has 0 aliphatic rings. The molecule has 76 valence electrons. The summed E-state index contributed by atoms with van der Waals surface area (Å²) < 4.78 is 0. The quantitative estimate of drug-likeness (QED) is 0.685. The van der Waals surface area contributed by atoms with Crippen molar-refractivity contribution in [2.75, 3.05) is 0 Å². The molecule has 0 spiro atoms. The van der Waals surface area contributed by atoms with Gasteiger partial charge < -0.3 is 10.4 Å². The minimum Gasteiger partial charge on any atom is -0.505 e. The summed E-state index contributed by atoms with van der Waals surface area (Å²) in [4.78, 5) is 8.28. The summed E-state index contributed by atoms with van der Waals surface area (Å²) in [7, 11) is 0. The molecule has 2 N–H and O–H groups in total. The second-order valence-corrected chi connectivity index (χ2v) is 4.38. The fourth-order valence-electron chi connectivity index (χ4n) is 0.835. The highest BCUT2D eigenvalue weighted by Crippen LogP contribution is 2.05. The average Bonchev–Trinajstić information content (AvgIpc) is 2.02. The first-order valence-electron chi connectivity index (χ1n) is 4.22. The first-order chi connectivity index (χ1) is 6.38. The van der Waals surface area contributed by atoms with E-state index in [2.05, 4.69) is 15.3 Å². The van der Waals surface area contributed by atoms with E-state index in [9.17, 15) is 0 Å². The molecule has 0 unspecified atom stereocenters. The van der Waals surface area contributed by atoms with E-state index in [4.69, 9.17) is 17.3 Å². The van der Waals surface area contributed by atoms with Crippen LogP contribution in [-0.2, 0) is 0 Å². The average molecular weight is 211 g/mol. The largest absolute Gasteiger partial charge is 0.505 e. The van der Waals surface area contributed by atoms with Crippen molar-refractivity contribution < 1.29 is 5.11 Å². The van der Waals surface area contributed by atoms with Gasteiger partial charge in [-0.3, -0.25) is 0 Å². The van der Waals surface area contributed by atoms with Gasteiger partial charge >= 0.3 is 0 Å². The molecule has 0 radical (unpaired) electrons. The molecule has 1 heterocycles. The van der Waals surface area contributed by atoms with E-state index in [1.165, 1.54) is 12.4 Å². The fourth-order valence-corrected chi connectivity index (χ4v) is 1.25. The number of aromatic hydroxyl groups is 1. The molecule has 0 aliphatic carbocycles. The second kappa shape index (κ2) is 3.88. The Morgan fingerprint density at radius 1 is 1.36 bits per heavy atom. The molecule has 0 atom stereocenters. The monoisotopic (exact) mass is 211 g/mol. The van der Waals surface area contributed by atoms with Crippen LogP contribution in [0.15, 0.2) is 12.4 Å². The lowest BCUT2D eigenvalue weighted by atomic mass is 10.1. The van der Waals surface area contributed by atoms with Crippen molar-refractivity contribution in [2.45, 2.75) is 26.3 Å². The Morgan fingerprint density at radius 2 is 1.86 bits per heavy atom. The standard InChI is InChI=1S/C9H13N3OS/c1-9(2,3)12-8(14)7-10-4-6(13)5-11-7/h4-5,13H,1-3H3,(H,12,14). The maximum Gasteiger partial charge on any atom is 0.187 e. The van der Waals surface area contributed by atoms with Crippen LogP contribution in [0.5, 0.6) is 5.75 Å². The van der Waals surface area contributed by atoms with Crippen LogP contribution in [-0.4, -0.2) is 25.6 Å². The Labute approximate surface area is 88.4 Å². The number of rotatable bonds is 1. The fraction of sp³-hybridized carbons (Fsp3) is 0.444. The summed E-state index contributed by atoms with van der Waals surface area (Å²) in [5.41, 5.74) is -0.113. The van der Waals surface area contributed by atoms with E-state index in [0.29, 0.717) is 10.8 Å². The minimum atomic E-state index is -0.113. The summed E-state index contributed by atoms with van der Waals surface area (Å²) in [5.74, 6) is 0.458. The third-order valence-corrected chi connectivity index (χ3v) is 1.61. The molecule has 0 saturated carbocycles. The lowest BCUT2D eigenvalue weighted by molar-refractivity contribution is 0.469. The van der Waals surface area contributed by atoms with Gasteiger partial charge in [0.1, 0.15) is 4.99 Å². The maximum atomic E-state index is 8.98. The zero-order chi connectivity index (χ0) is 10.8. The molecule has 0 bridgehead atoms. The van der Waals surface area contributed by atoms with Gasteiger partial charge in [-0.1, -0.05) is 12.2 Å². The van der Waals surface area contributed by atoms with Crippen molar-refractivity contribution in [3.63, 3.8) is 0 Å². The van der Waals surface area contributed by atoms with E-state index >= 15 is 0 Å². The van der Waals surface area contributed by atoms with E-state index in [0.717, 1.165) is 0 Å². The van der Waals surface area contributed by atoms with Crippen LogP contribution in [0.4, 0.5) is 0 Å². The molecule has 0 amide bonds. The third-order valence-electron chi connectivity index (χ3n) is 1.33. The molecule has 1 aromatic rings. The van der Waals surface area contributed by atoms with Crippen molar-refractivity contribution in [1.82, 2.24) is 15.3 Å². The van der Waals surface area contributed by atoms with Crippen LogP contribution in [0.1, 0.15) is 26.6 Å². The molecule has 0 saturated heterocycles. The lowest BCUT2D eigenvalue weighted by Crippen LogP contribution is -2.40. The van der Waals surface area contributed by atoms with Gasteiger partial charge in [-0.2, -0.15) is 0 Å². The number of nitrogens with one attached hydrogen (secondary N) is 1. The van der Waals surface area contributed by atoms with E-state index in [1.54, 1.807) is 0 Å². The van der Waals surface area contributed by atoms with Crippen LogP contribution in [0, 0.1) is 0 Å². The number of thiocarbonyl (C=S) groups is 1. The molecule has 0 aliphatic heterocycles. The van der Waals surface area contributed by atoms with Gasteiger partial charge in [-0.15, -0.1) is 0 Å². The van der Waals surface area contributed by atoms with Crippen LogP contribution in [0.2, 0.25) is 0 Å². The van der Waals surface area contributed by atoms with Crippen molar-refractivity contribution in [1.29, 1.82) is 0 Å². The Hall–Kier alpha value is -1.23. The van der Waals surface area contributed by atoms with Crippen molar-refractivity contribution in [3.05, 3.63) is 18.2 Å². The number of nitrogens with zero attached hydrogens (tertiary/aromatic N) is 2. The predicted octanol–water partition coefficient (Wildman–Crippen LogP) is 1.25. The predicted molar refractivity (Wildman–Crippen MR) is 58.3 cm³/mol. The molecule has 5 heteroatoms. The van der Waals surface area contributed by atoms with Gasteiger partial charge in [-0.25, -0.2) is 9.97 Å². The molecule has 1 rings (SSSR count). The first kappa shape index (κ1) is 10.8. The highest BCUT2D eigenvalue weighted by molar-refractivity contribution is 7.80. The maximum absolute atomic E-state index is 8.98. The van der Waals surface area contributed by atoms with E-state index < -0.39 is 0 Å². The van der Waals surface area contributed by atoms with Crippen LogP contribution >= 0.6 is 12.2 Å². The minimum absolute atomic E-state index is 0.0345. The summed E-state index contributed by atoms with van der Waals surface area (Å²) in [6, 6.07) is 0. The number of aromatic nitrogens is 2. The first-order valence-corrected chi connectivity index (χ1v) is 4.63. The van der Waals surface area contributed by atoms with Gasteiger partial charge in [-0.05, 0) is 20.8 Å². The zero-order valence-corrected chi connectivity index (χ0v) is 9.22.